The third kappa shape index (κ3) is 2.90. The van der Waals surface area contributed by atoms with Gasteiger partial charge < -0.3 is 5.11 Å². The van der Waals surface area contributed by atoms with Crippen LogP contribution in [0.3, 0.4) is 0 Å². The molecule has 6 nitrogen and oxygen atoms in total. The van der Waals surface area contributed by atoms with Crippen LogP contribution in [0.25, 0.3) is 0 Å². The fourth-order valence-electron chi connectivity index (χ4n) is 1.92. The van der Waals surface area contributed by atoms with Crippen molar-refractivity contribution in [3.8, 4) is 0 Å². The normalized spacial score (nSPS) is 28.9. The van der Waals surface area contributed by atoms with Crippen molar-refractivity contribution in [3.63, 3.8) is 0 Å². The number of nitrogens with two attached hydrogens (primary N) is 1. The second-order valence-electron chi connectivity index (χ2n) is 3.81. The van der Waals surface area contributed by atoms with Crippen molar-refractivity contribution in [3.05, 3.63) is 0 Å². The Kier molecular flexibility index (Phi) is 3.69. The Morgan fingerprint density at radius 1 is 1.60 bits per heavy atom. The minimum absolute atomic E-state index is 0.203. The van der Waals surface area contributed by atoms with E-state index in [2.05, 4.69) is 0 Å². The van der Waals surface area contributed by atoms with Crippen molar-refractivity contribution in [1.82, 2.24) is 4.31 Å². The Balaban J connectivity index is 2.86. The summed E-state index contributed by atoms with van der Waals surface area (Å²) in [7, 11) is -3.90. The number of nitrogens with zero attached hydrogens (tertiary/aromatic N) is 1. The molecule has 3 N–H and O–H groups in total. The Hall–Kier alpha value is -0.660. The molecular formula is C8H16N2O4S. The van der Waals surface area contributed by atoms with Crippen molar-refractivity contribution >= 4 is 16.2 Å². The van der Waals surface area contributed by atoms with Gasteiger partial charge in [0.1, 0.15) is 6.04 Å². The Labute approximate surface area is 89.2 Å². The van der Waals surface area contributed by atoms with Gasteiger partial charge in [-0.05, 0) is 18.8 Å². The zero-order chi connectivity index (χ0) is 11.6. The van der Waals surface area contributed by atoms with E-state index in [1.807, 2.05) is 6.92 Å². The van der Waals surface area contributed by atoms with E-state index in [-0.39, 0.29) is 12.5 Å². The smallest absolute Gasteiger partial charge is 0.322 e. The monoisotopic (exact) mass is 236 g/mol. The van der Waals surface area contributed by atoms with Crippen molar-refractivity contribution in [2.75, 3.05) is 6.54 Å². The summed E-state index contributed by atoms with van der Waals surface area (Å²) < 4.78 is 23.1. The quantitative estimate of drug-likeness (QED) is 0.706. The Bertz CT molecular complexity index is 341. The van der Waals surface area contributed by atoms with Crippen LogP contribution in [-0.2, 0) is 15.0 Å². The molecule has 88 valence electrons. The summed E-state index contributed by atoms with van der Waals surface area (Å²) in [6.45, 7) is 2.17. The highest BCUT2D eigenvalue weighted by Crippen LogP contribution is 2.26. The average Bonchev–Trinajstić information content (AvgIpc) is 2.15. The maximum Gasteiger partial charge on any atom is 0.322 e. The molecule has 2 atom stereocenters. The van der Waals surface area contributed by atoms with E-state index in [0.717, 1.165) is 10.7 Å². The lowest BCUT2D eigenvalue weighted by Crippen LogP contribution is -2.52. The molecule has 0 saturated carbocycles. The van der Waals surface area contributed by atoms with Gasteiger partial charge in [-0.2, -0.15) is 12.7 Å². The van der Waals surface area contributed by atoms with E-state index < -0.39 is 22.2 Å². The minimum atomic E-state index is -3.90. The van der Waals surface area contributed by atoms with Gasteiger partial charge in [-0.15, -0.1) is 0 Å². The summed E-state index contributed by atoms with van der Waals surface area (Å²) in [5, 5.41) is 13.9. The fourth-order valence-corrected chi connectivity index (χ4v) is 2.81. The van der Waals surface area contributed by atoms with Crippen LogP contribution in [0.2, 0.25) is 0 Å². The maximum absolute atomic E-state index is 11.1. The highest BCUT2D eigenvalue weighted by Gasteiger charge is 2.37. The first-order valence-electron chi connectivity index (χ1n) is 4.88. The van der Waals surface area contributed by atoms with Crippen molar-refractivity contribution in [1.29, 1.82) is 0 Å². The first-order valence-corrected chi connectivity index (χ1v) is 6.39. The van der Waals surface area contributed by atoms with Crippen LogP contribution < -0.4 is 5.14 Å². The largest absolute Gasteiger partial charge is 0.480 e. The molecule has 1 aliphatic rings. The summed E-state index contributed by atoms with van der Waals surface area (Å²) in [4.78, 5) is 10.9. The van der Waals surface area contributed by atoms with E-state index in [9.17, 15) is 13.2 Å². The summed E-state index contributed by atoms with van der Waals surface area (Å²) in [6, 6.07) is -1.00. The molecule has 2 unspecified atom stereocenters. The van der Waals surface area contributed by atoms with Gasteiger partial charge in [0, 0.05) is 6.54 Å². The topological polar surface area (TPSA) is 101 Å². The molecule has 0 amide bonds. The molecule has 0 aromatic heterocycles. The van der Waals surface area contributed by atoms with Crippen LogP contribution in [0.4, 0.5) is 0 Å². The third-order valence-corrected chi connectivity index (χ3v) is 3.94. The number of hydrogen-bond donors (Lipinski definition) is 2. The number of aliphatic carboxylic acids is 1. The van der Waals surface area contributed by atoms with E-state index in [1.54, 1.807) is 0 Å². The second kappa shape index (κ2) is 4.46. The first-order chi connectivity index (χ1) is 6.86. The van der Waals surface area contributed by atoms with Crippen molar-refractivity contribution in [2.45, 2.75) is 32.2 Å². The van der Waals surface area contributed by atoms with Crippen LogP contribution in [-0.4, -0.2) is 36.4 Å². The zero-order valence-corrected chi connectivity index (χ0v) is 9.40. The van der Waals surface area contributed by atoms with Crippen LogP contribution in [0, 0.1) is 5.92 Å². The summed E-state index contributed by atoms with van der Waals surface area (Å²) in [5.74, 6) is -0.855. The molecule has 1 heterocycles. The number of carboxylic acid groups (broad SMARTS) is 1. The highest BCUT2D eigenvalue weighted by atomic mass is 32.2. The van der Waals surface area contributed by atoms with Gasteiger partial charge in [-0.3, -0.25) is 4.79 Å². The predicted molar refractivity (Wildman–Crippen MR) is 54.3 cm³/mol. The molecule has 0 spiro atoms. The summed E-state index contributed by atoms with van der Waals surface area (Å²) in [5.41, 5.74) is 0. The van der Waals surface area contributed by atoms with Gasteiger partial charge in [-0.25, -0.2) is 5.14 Å². The average molecular weight is 236 g/mol. The van der Waals surface area contributed by atoms with Gasteiger partial charge in [0.05, 0.1) is 0 Å². The maximum atomic E-state index is 11.1. The first kappa shape index (κ1) is 12.4. The van der Waals surface area contributed by atoms with Crippen LogP contribution >= 0.6 is 0 Å². The minimum Gasteiger partial charge on any atom is -0.480 e. The van der Waals surface area contributed by atoms with Gasteiger partial charge in [-0.1, -0.05) is 13.3 Å². The number of piperidine rings is 1. The number of carboxylic acids is 1. The lowest BCUT2D eigenvalue weighted by Gasteiger charge is -2.34. The van der Waals surface area contributed by atoms with Gasteiger partial charge in [0.15, 0.2) is 0 Å². The SMILES string of the molecule is CCC1CCN(S(N)(=O)=O)C(C(=O)O)C1. The number of hydrogen-bond acceptors (Lipinski definition) is 3. The molecule has 0 aromatic rings. The van der Waals surface area contributed by atoms with Gasteiger partial charge in [0.2, 0.25) is 0 Å². The van der Waals surface area contributed by atoms with Crippen LogP contribution in [0.15, 0.2) is 0 Å². The molecule has 0 aromatic carbocycles. The molecule has 0 bridgehead atoms. The standard InChI is InChI=1S/C8H16N2O4S/c1-2-6-3-4-10(15(9,13)14)7(5-6)8(11)12/h6-7H,2-5H2,1H3,(H,11,12)(H2,9,13,14). The Morgan fingerprint density at radius 2 is 2.20 bits per heavy atom. The van der Waals surface area contributed by atoms with Crippen molar-refractivity contribution in [2.24, 2.45) is 11.1 Å². The van der Waals surface area contributed by atoms with Gasteiger partial charge in [0.25, 0.3) is 10.2 Å². The fraction of sp³-hybridized carbons (Fsp3) is 0.875. The third-order valence-electron chi connectivity index (χ3n) is 2.85. The molecule has 15 heavy (non-hydrogen) atoms. The molecule has 1 aliphatic heterocycles. The predicted octanol–water partition coefficient (Wildman–Crippen LogP) is -0.235. The second-order valence-corrected chi connectivity index (χ2v) is 5.31. The Morgan fingerprint density at radius 3 is 2.60 bits per heavy atom. The molecular weight excluding hydrogens is 220 g/mol. The van der Waals surface area contributed by atoms with Crippen molar-refractivity contribution < 1.29 is 18.3 Å². The number of rotatable bonds is 3. The summed E-state index contributed by atoms with van der Waals surface area (Å²) >= 11 is 0. The lowest BCUT2D eigenvalue weighted by atomic mass is 9.90. The molecule has 1 fully saturated rings. The van der Waals surface area contributed by atoms with E-state index in [0.29, 0.717) is 12.8 Å². The lowest BCUT2D eigenvalue weighted by molar-refractivity contribution is -0.143. The van der Waals surface area contributed by atoms with E-state index >= 15 is 0 Å². The molecule has 1 saturated heterocycles. The number of carbonyl (C=O) groups is 1. The van der Waals surface area contributed by atoms with Crippen LogP contribution in [0.5, 0.6) is 0 Å². The van der Waals surface area contributed by atoms with E-state index in [1.165, 1.54) is 0 Å². The molecule has 0 radical (unpaired) electrons. The van der Waals surface area contributed by atoms with Gasteiger partial charge >= 0.3 is 5.97 Å². The summed E-state index contributed by atoms with van der Waals surface area (Å²) in [6.07, 6.45) is 1.89. The van der Waals surface area contributed by atoms with E-state index in [4.69, 9.17) is 10.2 Å². The highest BCUT2D eigenvalue weighted by molar-refractivity contribution is 7.86. The molecule has 7 heteroatoms. The van der Waals surface area contributed by atoms with Crippen LogP contribution in [0.1, 0.15) is 26.2 Å². The molecule has 0 aliphatic carbocycles. The molecule has 1 rings (SSSR count). The zero-order valence-electron chi connectivity index (χ0n) is 8.59.